The zero-order valence-electron chi connectivity index (χ0n) is 10.7. The van der Waals surface area contributed by atoms with E-state index < -0.39 is 5.91 Å². The molecule has 1 aromatic rings. The number of amides is 1. The highest BCUT2D eigenvalue weighted by Gasteiger charge is 2.08. The fourth-order valence-corrected chi connectivity index (χ4v) is 1.33. The summed E-state index contributed by atoms with van der Waals surface area (Å²) in [5.74, 6) is -0.895. The Labute approximate surface area is 111 Å². The van der Waals surface area contributed by atoms with Gasteiger partial charge in [-0.05, 0) is 30.7 Å². The predicted octanol–water partition coefficient (Wildman–Crippen LogP) is 2.56. The molecular formula is C14H16FN3O. The van der Waals surface area contributed by atoms with E-state index in [-0.39, 0.29) is 11.4 Å². The van der Waals surface area contributed by atoms with Gasteiger partial charge in [0, 0.05) is 18.4 Å². The highest BCUT2D eigenvalue weighted by Crippen LogP contribution is 2.09. The van der Waals surface area contributed by atoms with Crippen molar-refractivity contribution in [2.45, 2.75) is 19.8 Å². The normalized spacial score (nSPS) is 10.7. The summed E-state index contributed by atoms with van der Waals surface area (Å²) in [6.07, 6.45) is 3.40. The molecule has 19 heavy (non-hydrogen) atoms. The Morgan fingerprint density at radius 1 is 1.42 bits per heavy atom. The number of nitrogens with zero attached hydrogens (tertiary/aromatic N) is 1. The van der Waals surface area contributed by atoms with Crippen LogP contribution in [-0.2, 0) is 4.79 Å². The zero-order chi connectivity index (χ0) is 14.1. The maximum absolute atomic E-state index is 12.7. The average Bonchev–Trinajstić information content (AvgIpc) is 2.41. The molecular weight excluding hydrogens is 245 g/mol. The van der Waals surface area contributed by atoms with Gasteiger partial charge in [-0.15, -0.1) is 0 Å². The second kappa shape index (κ2) is 7.88. The first-order chi connectivity index (χ1) is 9.17. The molecule has 1 rings (SSSR count). The molecule has 1 aromatic carbocycles. The first-order valence-electron chi connectivity index (χ1n) is 6.08. The Morgan fingerprint density at radius 2 is 2.11 bits per heavy atom. The minimum Gasteiger partial charge on any atom is -0.390 e. The van der Waals surface area contributed by atoms with Crippen molar-refractivity contribution in [3.63, 3.8) is 0 Å². The Hall–Kier alpha value is -2.35. The number of hydrogen-bond donors (Lipinski definition) is 2. The number of anilines is 1. The summed E-state index contributed by atoms with van der Waals surface area (Å²) < 4.78 is 12.7. The molecule has 0 fully saturated rings. The third-order valence-electron chi connectivity index (χ3n) is 2.39. The molecule has 0 saturated heterocycles. The number of rotatable bonds is 6. The van der Waals surface area contributed by atoms with Crippen LogP contribution >= 0.6 is 0 Å². The molecule has 0 spiro atoms. The number of nitrogens with one attached hydrogen (secondary N) is 2. The summed E-state index contributed by atoms with van der Waals surface area (Å²) in [4.78, 5) is 11.8. The SMILES string of the molecule is CCCCN/C=C(/C#N)C(=O)Nc1ccc(F)cc1. The van der Waals surface area contributed by atoms with Crippen molar-refractivity contribution in [2.75, 3.05) is 11.9 Å². The molecule has 0 unspecified atom stereocenters. The minimum absolute atomic E-state index is 0.0135. The van der Waals surface area contributed by atoms with E-state index in [0.29, 0.717) is 12.2 Å². The van der Waals surface area contributed by atoms with Crippen molar-refractivity contribution in [3.05, 3.63) is 41.9 Å². The maximum atomic E-state index is 12.7. The van der Waals surface area contributed by atoms with Gasteiger partial charge in [0.05, 0.1) is 0 Å². The Bertz CT molecular complexity index is 488. The molecule has 0 radical (unpaired) electrons. The van der Waals surface area contributed by atoms with Gasteiger partial charge in [0.25, 0.3) is 5.91 Å². The largest absolute Gasteiger partial charge is 0.390 e. The molecule has 100 valence electrons. The molecule has 1 amide bonds. The van der Waals surface area contributed by atoms with Gasteiger partial charge < -0.3 is 10.6 Å². The van der Waals surface area contributed by atoms with Gasteiger partial charge in [0.1, 0.15) is 17.5 Å². The first kappa shape index (κ1) is 14.7. The molecule has 0 aromatic heterocycles. The lowest BCUT2D eigenvalue weighted by Crippen LogP contribution is -2.17. The fourth-order valence-electron chi connectivity index (χ4n) is 1.33. The monoisotopic (exact) mass is 261 g/mol. The lowest BCUT2D eigenvalue weighted by atomic mass is 10.2. The van der Waals surface area contributed by atoms with E-state index in [2.05, 4.69) is 17.6 Å². The average molecular weight is 261 g/mol. The summed E-state index contributed by atoms with van der Waals surface area (Å²) in [6.45, 7) is 2.77. The molecule has 0 aliphatic heterocycles. The van der Waals surface area contributed by atoms with Crippen molar-refractivity contribution in [3.8, 4) is 6.07 Å². The van der Waals surface area contributed by atoms with Crippen molar-refractivity contribution < 1.29 is 9.18 Å². The molecule has 0 aliphatic carbocycles. The van der Waals surface area contributed by atoms with Gasteiger partial charge in [-0.3, -0.25) is 4.79 Å². The number of carbonyl (C=O) groups excluding carboxylic acids is 1. The van der Waals surface area contributed by atoms with Crippen LogP contribution in [0.25, 0.3) is 0 Å². The highest BCUT2D eigenvalue weighted by molar-refractivity contribution is 6.06. The molecule has 4 nitrogen and oxygen atoms in total. The summed E-state index contributed by atoms with van der Waals surface area (Å²) >= 11 is 0. The van der Waals surface area contributed by atoms with Gasteiger partial charge >= 0.3 is 0 Å². The van der Waals surface area contributed by atoms with Crippen LogP contribution < -0.4 is 10.6 Å². The fraction of sp³-hybridized carbons (Fsp3) is 0.286. The van der Waals surface area contributed by atoms with Crippen LogP contribution in [0.5, 0.6) is 0 Å². The van der Waals surface area contributed by atoms with Crippen molar-refractivity contribution >= 4 is 11.6 Å². The number of unbranched alkanes of at least 4 members (excludes halogenated alkanes) is 1. The van der Waals surface area contributed by atoms with E-state index in [4.69, 9.17) is 5.26 Å². The molecule has 0 aliphatic rings. The van der Waals surface area contributed by atoms with Gasteiger partial charge in [-0.25, -0.2) is 4.39 Å². The molecule has 0 heterocycles. The van der Waals surface area contributed by atoms with E-state index in [1.807, 2.05) is 6.07 Å². The lowest BCUT2D eigenvalue weighted by Gasteiger charge is -2.04. The van der Waals surface area contributed by atoms with Crippen LogP contribution in [0.15, 0.2) is 36.0 Å². The van der Waals surface area contributed by atoms with Crippen LogP contribution in [0.1, 0.15) is 19.8 Å². The summed E-state index contributed by atoms with van der Waals surface area (Å²) in [6, 6.07) is 7.18. The van der Waals surface area contributed by atoms with Gasteiger partial charge in [0.2, 0.25) is 0 Å². The molecule has 2 N–H and O–H groups in total. The van der Waals surface area contributed by atoms with E-state index >= 15 is 0 Å². The molecule has 0 saturated carbocycles. The first-order valence-corrected chi connectivity index (χ1v) is 6.08. The summed E-state index contributed by atoms with van der Waals surface area (Å²) in [5.41, 5.74) is 0.432. The van der Waals surface area contributed by atoms with E-state index in [9.17, 15) is 9.18 Å². The second-order valence-corrected chi connectivity index (χ2v) is 3.94. The number of nitriles is 1. The van der Waals surface area contributed by atoms with Gasteiger partial charge in [0.15, 0.2) is 0 Å². The minimum atomic E-state index is -0.516. The van der Waals surface area contributed by atoms with Crippen LogP contribution in [-0.4, -0.2) is 12.5 Å². The van der Waals surface area contributed by atoms with E-state index in [1.54, 1.807) is 0 Å². The molecule has 0 atom stereocenters. The van der Waals surface area contributed by atoms with Crippen LogP contribution in [0.4, 0.5) is 10.1 Å². The van der Waals surface area contributed by atoms with Crippen LogP contribution in [0, 0.1) is 17.1 Å². The quantitative estimate of drug-likeness (QED) is 0.470. The highest BCUT2D eigenvalue weighted by atomic mass is 19.1. The maximum Gasteiger partial charge on any atom is 0.267 e. The standard InChI is InChI=1S/C14H16FN3O/c1-2-3-8-17-10-11(9-16)14(19)18-13-6-4-12(15)5-7-13/h4-7,10,17H,2-3,8H2,1H3,(H,18,19)/b11-10-. The smallest absolute Gasteiger partial charge is 0.267 e. The number of halogens is 1. The lowest BCUT2D eigenvalue weighted by molar-refractivity contribution is -0.112. The van der Waals surface area contributed by atoms with Crippen molar-refractivity contribution in [1.82, 2.24) is 5.32 Å². The third kappa shape index (κ3) is 5.21. The van der Waals surface area contributed by atoms with E-state index in [0.717, 1.165) is 12.8 Å². The third-order valence-corrected chi connectivity index (χ3v) is 2.39. The number of benzene rings is 1. The van der Waals surface area contributed by atoms with E-state index in [1.165, 1.54) is 30.5 Å². The molecule has 5 heteroatoms. The Balaban J connectivity index is 2.59. The van der Waals surface area contributed by atoms with Gasteiger partial charge in [-0.2, -0.15) is 5.26 Å². The number of carbonyl (C=O) groups is 1. The number of hydrogen-bond acceptors (Lipinski definition) is 3. The second-order valence-electron chi connectivity index (χ2n) is 3.94. The summed E-state index contributed by atoms with van der Waals surface area (Å²) in [7, 11) is 0. The van der Waals surface area contributed by atoms with Gasteiger partial charge in [-0.1, -0.05) is 13.3 Å². The summed E-state index contributed by atoms with van der Waals surface area (Å²) in [5, 5.41) is 14.3. The van der Waals surface area contributed by atoms with Crippen molar-refractivity contribution in [1.29, 1.82) is 5.26 Å². The van der Waals surface area contributed by atoms with Crippen LogP contribution in [0.3, 0.4) is 0 Å². The topological polar surface area (TPSA) is 64.9 Å². The Kier molecular flexibility index (Phi) is 6.10. The molecule has 0 bridgehead atoms. The van der Waals surface area contributed by atoms with Crippen LogP contribution in [0.2, 0.25) is 0 Å². The zero-order valence-corrected chi connectivity index (χ0v) is 10.7. The predicted molar refractivity (Wildman–Crippen MR) is 71.6 cm³/mol. The Morgan fingerprint density at radius 3 is 2.68 bits per heavy atom. The van der Waals surface area contributed by atoms with Crippen molar-refractivity contribution in [2.24, 2.45) is 0 Å².